The van der Waals surface area contributed by atoms with Gasteiger partial charge >= 0.3 is 0 Å². The van der Waals surface area contributed by atoms with E-state index in [9.17, 15) is 8.78 Å². The van der Waals surface area contributed by atoms with Crippen molar-refractivity contribution in [1.82, 2.24) is 0 Å². The van der Waals surface area contributed by atoms with Gasteiger partial charge in [-0.3, -0.25) is 0 Å². The van der Waals surface area contributed by atoms with Crippen LogP contribution in [0.15, 0.2) is 41.7 Å². The monoisotopic (exact) mass is 320 g/mol. The first-order valence-electron chi connectivity index (χ1n) is 8.48. The molecule has 0 heterocycles. The van der Waals surface area contributed by atoms with Crippen molar-refractivity contribution in [2.75, 3.05) is 0 Å². The highest BCUT2D eigenvalue weighted by molar-refractivity contribution is 5.23. The Balaban J connectivity index is 0.000000185. The number of halogens is 2. The second kappa shape index (κ2) is 8.28. The van der Waals surface area contributed by atoms with Crippen LogP contribution in [0.1, 0.15) is 63.9 Å². The number of benzene rings is 1. The van der Waals surface area contributed by atoms with Crippen LogP contribution in [0.25, 0.3) is 0 Å². The molecule has 3 heteroatoms. The van der Waals surface area contributed by atoms with Gasteiger partial charge in [0.05, 0.1) is 5.76 Å². The Kier molecular flexibility index (Phi) is 6.37. The van der Waals surface area contributed by atoms with Crippen molar-refractivity contribution in [1.29, 1.82) is 0 Å². The summed E-state index contributed by atoms with van der Waals surface area (Å²) >= 11 is 0. The van der Waals surface area contributed by atoms with Gasteiger partial charge in [0, 0.05) is 12.5 Å². The van der Waals surface area contributed by atoms with E-state index >= 15 is 0 Å². The van der Waals surface area contributed by atoms with Crippen LogP contribution in [0.5, 0.6) is 0 Å². The fourth-order valence-corrected chi connectivity index (χ4v) is 3.18. The van der Waals surface area contributed by atoms with Crippen LogP contribution in [-0.4, -0.2) is 5.11 Å². The molecule has 1 aromatic rings. The highest BCUT2D eigenvalue weighted by Crippen LogP contribution is 2.33. The van der Waals surface area contributed by atoms with Gasteiger partial charge in [0.15, 0.2) is 0 Å². The van der Waals surface area contributed by atoms with E-state index < -0.39 is 5.82 Å². The van der Waals surface area contributed by atoms with E-state index in [-0.39, 0.29) is 5.82 Å². The highest BCUT2D eigenvalue weighted by Gasteiger charge is 2.18. The van der Waals surface area contributed by atoms with E-state index in [1.54, 1.807) is 12.1 Å². The third-order valence-corrected chi connectivity index (χ3v) is 4.84. The Morgan fingerprint density at radius 1 is 1.04 bits per heavy atom. The number of aliphatic hydroxyl groups excluding tert-OH is 1. The van der Waals surface area contributed by atoms with Crippen LogP contribution in [0.3, 0.4) is 0 Å². The highest BCUT2D eigenvalue weighted by atomic mass is 19.1. The quantitative estimate of drug-likeness (QED) is 0.632. The molecule has 0 radical (unpaired) electrons. The molecule has 1 fully saturated rings. The summed E-state index contributed by atoms with van der Waals surface area (Å²) in [6, 6.07) is 3.94. The first-order valence-corrected chi connectivity index (χ1v) is 8.48. The Labute approximate surface area is 137 Å². The molecule has 126 valence electrons. The van der Waals surface area contributed by atoms with Gasteiger partial charge in [-0.05, 0) is 49.3 Å². The molecule has 1 aromatic carbocycles. The zero-order chi connectivity index (χ0) is 16.8. The molecule has 23 heavy (non-hydrogen) atoms. The fourth-order valence-electron chi connectivity index (χ4n) is 3.18. The third-order valence-electron chi connectivity index (χ3n) is 4.84. The van der Waals surface area contributed by atoms with E-state index in [2.05, 4.69) is 13.8 Å². The molecule has 1 unspecified atom stereocenters. The van der Waals surface area contributed by atoms with Crippen molar-refractivity contribution in [2.24, 2.45) is 5.92 Å². The van der Waals surface area contributed by atoms with Crippen molar-refractivity contribution in [3.63, 3.8) is 0 Å². The first-order chi connectivity index (χ1) is 11.0. The van der Waals surface area contributed by atoms with E-state index in [1.807, 2.05) is 6.08 Å². The summed E-state index contributed by atoms with van der Waals surface area (Å²) in [5, 5.41) is 9.01. The van der Waals surface area contributed by atoms with Gasteiger partial charge in [-0.25, -0.2) is 8.78 Å². The molecule has 1 saturated carbocycles. The maximum atomic E-state index is 13.4. The Hall–Kier alpha value is -1.64. The van der Waals surface area contributed by atoms with Crippen LogP contribution in [0, 0.1) is 17.6 Å². The van der Waals surface area contributed by atoms with Gasteiger partial charge in [0.2, 0.25) is 0 Å². The van der Waals surface area contributed by atoms with E-state index in [4.69, 9.17) is 5.11 Å². The lowest BCUT2D eigenvalue weighted by Gasteiger charge is -2.22. The number of hydrogen-bond acceptors (Lipinski definition) is 1. The molecule has 0 amide bonds. The number of rotatable bonds is 1. The van der Waals surface area contributed by atoms with Crippen LogP contribution in [0.2, 0.25) is 0 Å². The number of allylic oxidation sites excluding steroid dienone is 4. The molecule has 2 aliphatic carbocycles. The molecule has 3 rings (SSSR count). The van der Waals surface area contributed by atoms with Crippen molar-refractivity contribution in [3.05, 3.63) is 58.9 Å². The lowest BCUT2D eigenvalue weighted by Crippen LogP contribution is -2.06. The average molecular weight is 320 g/mol. The van der Waals surface area contributed by atoms with Crippen molar-refractivity contribution >= 4 is 0 Å². The van der Waals surface area contributed by atoms with Gasteiger partial charge < -0.3 is 5.11 Å². The predicted molar refractivity (Wildman–Crippen MR) is 90.4 cm³/mol. The second-order valence-electron chi connectivity index (χ2n) is 6.67. The summed E-state index contributed by atoms with van der Waals surface area (Å²) < 4.78 is 26.1. The Morgan fingerprint density at radius 3 is 2.30 bits per heavy atom. The Bertz CT molecular complexity index is 583. The van der Waals surface area contributed by atoms with Gasteiger partial charge in [-0.1, -0.05) is 43.9 Å². The zero-order valence-corrected chi connectivity index (χ0v) is 14.0. The number of aliphatic hydroxyl groups is 1. The second-order valence-corrected chi connectivity index (χ2v) is 6.67. The molecule has 0 saturated heterocycles. The van der Waals surface area contributed by atoms with Crippen molar-refractivity contribution in [3.8, 4) is 0 Å². The summed E-state index contributed by atoms with van der Waals surface area (Å²) in [5.74, 6) is 0.478. The molecule has 1 N–H and O–H groups in total. The first kappa shape index (κ1) is 17.7. The smallest absolute Gasteiger partial charge is 0.129 e. The molecule has 2 aliphatic rings. The van der Waals surface area contributed by atoms with Crippen molar-refractivity contribution in [2.45, 2.75) is 58.3 Å². The van der Waals surface area contributed by atoms with E-state index in [0.717, 1.165) is 25.3 Å². The maximum Gasteiger partial charge on any atom is 0.129 e. The topological polar surface area (TPSA) is 20.2 Å². The lowest BCUT2D eigenvalue weighted by atomic mass is 9.84. The summed E-state index contributed by atoms with van der Waals surface area (Å²) in [7, 11) is 0. The van der Waals surface area contributed by atoms with Crippen LogP contribution in [-0.2, 0) is 0 Å². The molecule has 1 atom stereocenters. The maximum absolute atomic E-state index is 13.4. The van der Waals surface area contributed by atoms with E-state index in [0.29, 0.717) is 23.2 Å². The minimum atomic E-state index is -0.484. The minimum Gasteiger partial charge on any atom is -0.512 e. The van der Waals surface area contributed by atoms with Crippen molar-refractivity contribution < 1.29 is 13.9 Å². The van der Waals surface area contributed by atoms with Crippen LogP contribution < -0.4 is 0 Å². The Morgan fingerprint density at radius 2 is 1.74 bits per heavy atom. The molecular formula is C20H26F2O. The summed E-state index contributed by atoms with van der Waals surface area (Å²) in [4.78, 5) is 0. The summed E-state index contributed by atoms with van der Waals surface area (Å²) in [6.07, 6.45) is 10.2. The standard InChI is InChI=1S/C12H14F2.C8H12O/c13-10-6-7-11(12(14)8-10)9-4-2-1-3-5-9;1-6-3-4-8(9)5-7(6)2/h6-9H,1-5H2;3-4,7,9H,5H2,1-2H3. The minimum absolute atomic E-state index is 0.310. The zero-order valence-electron chi connectivity index (χ0n) is 14.0. The molecule has 0 bridgehead atoms. The van der Waals surface area contributed by atoms with Gasteiger partial charge in [-0.2, -0.15) is 0 Å². The van der Waals surface area contributed by atoms with Gasteiger partial charge in [0.1, 0.15) is 11.6 Å². The summed E-state index contributed by atoms with van der Waals surface area (Å²) in [5.41, 5.74) is 2.05. The third kappa shape index (κ3) is 5.19. The largest absolute Gasteiger partial charge is 0.512 e. The molecule has 0 aromatic heterocycles. The number of hydrogen-bond donors (Lipinski definition) is 1. The normalized spacial score (nSPS) is 21.8. The van der Waals surface area contributed by atoms with E-state index in [1.165, 1.54) is 30.9 Å². The van der Waals surface area contributed by atoms with Gasteiger partial charge in [0.25, 0.3) is 0 Å². The molecule has 0 aliphatic heterocycles. The SMILES string of the molecule is CC1=CC=C(O)CC1C.Fc1ccc(C2CCCCC2)c(F)c1. The molecule has 0 spiro atoms. The molecular weight excluding hydrogens is 294 g/mol. The molecule has 1 nitrogen and oxygen atoms in total. The van der Waals surface area contributed by atoms with Gasteiger partial charge in [-0.15, -0.1) is 0 Å². The fraction of sp³-hybridized carbons (Fsp3) is 0.500. The summed E-state index contributed by atoms with van der Waals surface area (Å²) in [6.45, 7) is 4.21. The average Bonchev–Trinajstić information content (AvgIpc) is 2.53. The van der Waals surface area contributed by atoms with Crippen LogP contribution >= 0.6 is 0 Å². The lowest BCUT2D eigenvalue weighted by molar-refractivity contribution is 0.365. The van der Waals surface area contributed by atoms with Crippen LogP contribution in [0.4, 0.5) is 8.78 Å². The predicted octanol–water partition coefficient (Wildman–Crippen LogP) is 6.43.